The average Bonchev–Trinajstić information content (AvgIpc) is 2.19. The van der Waals surface area contributed by atoms with Crippen molar-refractivity contribution in [3.8, 4) is 0 Å². The first-order chi connectivity index (χ1) is 6.55. The topological polar surface area (TPSA) is 51.2 Å². The molecule has 0 fully saturated rings. The Labute approximate surface area is 84.7 Å². The van der Waals surface area contributed by atoms with E-state index in [0.717, 1.165) is 6.26 Å². The molecule has 0 aliphatic rings. The van der Waals surface area contributed by atoms with Gasteiger partial charge in [-0.05, 0) is 6.07 Å². The van der Waals surface area contributed by atoms with Gasteiger partial charge in [-0.25, -0.2) is 8.42 Å². The number of sulfone groups is 1. The lowest BCUT2D eigenvalue weighted by atomic mass is 10.2. The molecule has 0 unspecified atom stereocenters. The van der Waals surface area contributed by atoms with Crippen LogP contribution < -0.4 is 0 Å². The normalized spacial score (nSPS) is 9.93. The third kappa shape index (κ3) is 3.30. The second kappa shape index (κ2) is 5.54. The maximum Gasteiger partial charge on any atom is 0.176 e. The van der Waals surface area contributed by atoms with Gasteiger partial charge >= 0.3 is 0 Å². The van der Waals surface area contributed by atoms with Gasteiger partial charge in [0.25, 0.3) is 0 Å². The molecular formula is C10H14O3S. The van der Waals surface area contributed by atoms with Crippen molar-refractivity contribution in [3.05, 3.63) is 29.8 Å². The first-order valence-electron chi connectivity index (χ1n) is 4.30. The highest BCUT2D eigenvalue weighted by Gasteiger charge is 2.10. The summed E-state index contributed by atoms with van der Waals surface area (Å²) in [5.41, 5.74) is 0.208. The van der Waals surface area contributed by atoms with Gasteiger partial charge in [0.05, 0.1) is 4.90 Å². The summed E-state index contributed by atoms with van der Waals surface area (Å²) in [5.74, 6) is 0. The van der Waals surface area contributed by atoms with Crippen molar-refractivity contribution in [3.63, 3.8) is 0 Å². The molecule has 0 amide bonds. The van der Waals surface area contributed by atoms with Crippen LogP contribution in [0.5, 0.6) is 0 Å². The minimum atomic E-state index is -3.28. The van der Waals surface area contributed by atoms with Crippen molar-refractivity contribution >= 4 is 16.1 Å². The van der Waals surface area contributed by atoms with E-state index in [1.165, 1.54) is 12.1 Å². The lowest BCUT2D eigenvalue weighted by Crippen LogP contribution is -2.00. The Morgan fingerprint density at radius 3 is 2.00 bits per heavy atom. The van der Waals surface area contributed by atoms with E-state index < -0.39 is 9.84 Å². The Bertz CT molecular complexity index is 394. The highest BCUT2D eigenvalue weighted by atomic mass is 32.2. The Hall–Kier alpha value is -1.16. The standard InChI is InChI=1S/C8H8O3S.C2H6/c1-12(10,11)8-5-3-2-4-7(8)6-9;1-2/h2-6H,1H3;1-2H3. The molecule has 0 saturated heterocycles. The van der Waals surface area contributed by atoms with E-state index in [0.29, 0.717) is 6.29 Å². The summed E-state index contributed by atoms with van der Waals surface area (Å²) in [6.45, 7) is 4.00. The minimum absolute atomic E-state index is 0.0833. The molecule has 1 rings (SSSR count). The van der Waals surface area contributed by atoms with E-state index in [4.69, 9.17) is 0 Å². The molecule has 0 aromatic heterocycles. The largest absolute Gasteiger partial charge is 0.298 e. The van der Waals surface area contributed by atoms with E-state index in [9.17, 15) is 13.2 Å². The van der Waals surface area contributed by atoms with Gasteiger partial charge in [0.15, 0.2) is 16.1 Å². The van der Waals surface area contributed by atoms with Crippen molar-refractivity contribution in [2.24, 2.45) is 0 Å². The second-order valence-electron chi connectivity index (χ2n) is 2.43. The lowest BCUT2D eigenvalue weighted by Gasteiger charge is -1.99. The molecule has 0 atom stereocenters. The van der Waals surface area contributed by atoms with Crippen molar-refractivity contribution in [2.75, 3.05) is 6.26 Å². The molecule has 0 bridgehead atoms. The highest BCUT2D eigenvalue weighted by molar-refractivity contribution is 7.90. The van der Waals surface area contributed by atoms with Gasteiger partial charge in [-0.1, -0.05) is 32.0 Å². The van der Waals surface area contributed by atoms with Gasteiger partial charge in [-0.15, -0.1) is 0 Å². The number of hydrogen-bond acceptors (Lipinski definition) is 3. The van der Waals surface area contributed by atoms with Crippen LogP contribution in [0.15, 0.2) is 29.2 Å². The number of rotatable bonds is 2. The summed E-state index contributed by atoms with van der Waals surface area (Å²) >= 11 is 0. The molecule has 78 valence electrons. The van der Waals surface area contributed by atoms with Gasteiger partial charge < -0.3 is 0 Å². The number of carbonyl (C=O) groups is 1. The Kier molecular flexibility index (Phi) is 5.09. The first kappa shape index (κ1) is 12.8. The van der Waals surface area contributed by atoms with Crippen LogP contribution in [0.1, 0.15) is 24.2 Å². The summed E-state index contributed by atoms with van der Waals surface area (Å²) in [6, 6.07) is 6.10. The third-order valence-corrected chi connectivity index (χ3v) is 2.62. The second-order valence-corrected chi connectivity index (χ2v) is 4.41. The van der Waals surface area contributed by atoms with Crippen molar-refractivity contribution < 1.29 is 13.2 Å². The molecule has 0 heterocycles. The van der Waals surface area contributed by atoms with E-state index in [2.05, 4.69) is 0 Å². The van der Waals surface area contributed by atoms with Crippen LogP contribution in [0.25, 0.3) is 0 Å². The monoisotopic (exact) mass is 214 g/mol. The van der Waals surface area contributed by atoms with Gasteiger partial charge in [-0.3, -0.25) is 4.79 Å². The van der Waals surface area contributed by atoms with Crippen LogP contribution >= 0.6 is 0 Å². The van der Waals surface area contributed by atoms with Crippen LogP contribution in [0.3, 0.4) is 0 Å². The smallest absolute Gasteiger partial charge is 0.176 e. The summed E-state index contributed by atoms with van der Waals surface area (Å²) < 4.78 is 22.1. The van der Waals surface area contributed by atoms with Gasteiger partial charge in [0, 0.05) is 11.8 Å². The zero-order valence-corrected chi connectivity index (χ0v) is 9.34. The fourth-order valence-corrected chi connectivity index (χ4v) is 1.79. The van der Waals surface area contributed by atoms with Crippen LogP contribution in [0.4, 0.5) is 0 Å². The number of benzene rings is 1. The summed E-state index contributed by atoms with van der Waals surface area (Å²) in [5, 5.41) is 0. The SMILES string of the molecule is CC.CS(=O)(=O)c1ccccc1C=O. The number of hydrogen-bond donors (Lipinski definition) is 0. The molecule has 0 aliphatic carbocycles. The van der Waals surface area contributed by atoms with E-state index >= 15 is 0 Å². The quantitative estimate of drug-likeness (QED) is 0.707. The molecule has 0 saturated carbocycles. The summed E-state index contributed by atoms with van der Waals surface area (Å²) in [7, 11) is -3.28. The molecule has 1 aromatic rings. The zero-order valence-electron chi connectivity index (χ0n) is 8.52. The van der Waals surface area contributed by atoms with Gasteiger partial charge in [-0.2, -0.15) is 0 Å². The fourth-order valence-electron chi connectivity index (χ4n) is 0.916. The Morgan fingerprint density at radius 1 is 1.14 bits per heavy atom. The summed E-state index contributed by atoms with van der Waals surface area (Å²) in [4.78, 5) is 10.5. The van der Waals surface area contributed by atoms with E-state index in [1.54, 1.807) is 12.1 Å². The fraction of sp³-hybridized carbons (Fsp3) is 0.300. The predicted octanol–water partition coefficient (Wildman–Crippen LogP) is 1.93. The van der Waals surface area contributed by atoms with Gasteiger partial charge in [0.1, 0.15) is 0 Å². The van der Waals surface area contributed by atoms with Crippen molar-refractivity contribution in [1.29, 1.82) is 0 Å². The van der Waals surface area contributed by atoms with E-state index in [1.807, 2.05) is 13.8 Å². The predicted molar refractivity (Wildman–Crippen MR) is 56.3 cm³/mol. The zero-order chi connectivity index (χ0) is 11.2. The number of aldehydes is 1. The molecule has 0 radical (unpaired) electrons. The lowest BCUT2D eigenvalue weighted by molar-refractivity contribution is 0.112. The molecule has 0 N–H and O–H groups in total. The van der Waals surface area contributed by atoms with Crippen molar-refractivity contribution in [2.45, 2.75) is 18.7 Å². The number of carbonyl (C=O) groups excluding carboxylic acids is 1. The molecule has 0 spiro atoms. The maximum absolute atomic E-state index is 11.1. The maximum atomic E-state index is 11.1. The third-order valence-electron chi connectivity index (χ3n) is 1.45. The van der Waals surface area contributed by atoms with Crippen LogP contribution in [-0.2, 0) is 9.84 Å². The molecule has 3 nitrogen and oxygen atoms in total. The van der Waals surface area contributed by atoms with Crippen LogP contribution in [0, 0.1) is 0 Å². The van der Waals surface area contributed by atoms with E-state index in [-0.39, 0.29) is 10.5 Å². The molecule has 1 aromatic carbocycles. The van der Waals surface area contributed by atoms with Crippen LogP contribution in [-0.4, -0.2) is 21.0 Å². The summed E-state index contributed by atoms with van der Waals surface area (Å²) in [6.07, 6.45) is 1.62. The Balaban J connectivity index is 0.000000791. The molecule has 4 heteroatoms. The molecule has 0 aliphatic heterocycles. The van der Waals surface area contributed by atoms with Crippen LogP contribution in [0.2, 0.25) is 0 Å². The molecule has 14 heavy (non-hydrogen) atoms. The Morgan fingerprint density at radius 2 is 1.64 bits per heavy atom. The molecular weight excluding hydrogens is 200 g/mol. The average molecular weight is 214 g/mol. The highest BCUT2D eigenvalue weighted by Crippen LogP contribution is 2.12. The minimum Gasteiger partial charge on any atom is -0.298 e. The first-order valence-corrected chi connectivity index (χ1v) is 6.19. The van der Waals surface area contributed by atoms with Crippen molar-refractivity contribution in [1.82, 2.24) is 0 Å². The van der Waals surface area contributed by atoms with Gasteiger partial charge in [0.2, 0.25) is 0 Å².